The molecule has 0 saturated carbocycles. The van der Waals surface area contributed by atoms with Crippen molar-refractivity contribution in [1.29, 1.82) is 0 Å². The minimum atomic E-state index is -4.48. The largest absolute Gasteiger partial charge is 0.497 e. The lowest BCUT2D eigenvalue weighted by atomic mass is 9.96. The van der Waals surface area contributed by atoms with Crippen LogP contribution in [0.5, 0.6) is 5.75 Å². The molecule has 2 aliphatic heterocycles. The van der Waals surface area contributed by atoms with Crippen LogP contribution < -0.4 is 14.5 Å². The van der Waals surface area contributed by atoms with Gasteiger partial charge in [0.2, 0.25) is 5.96 Å². The first-order valence-electron chi connectivity index (χ1n) is 12.7. The van der Waals surface area contributed by atoms with E-state index in [-0.39, 0.29) is 11.7 Å². The Balaban J connectivity index is 1.55. The summed E-state index contributed by atoms with van der Waals surface area (Å²) in [4.78, 5) is 10.9. The highest BCUT2D eigenvalue weighted by molar-refractivity contribution is 6.01. The second kappa shape index (κ2) is 10.2. The molecular formula is C29H30F4N4O. The van der Waals surface area contributed by atoms with Gasteiger partial charge in [0.05, 0.1) is 18.7 Å². The van der Waals surface area contributed by atoms with Gasteiger partial charge in [-0.15, -0.1) is 0 Å². The van der Waals surface area contributed by atoms with Crippen LogP contribution >= 0.6 is 0 Å². The van der Waals surface area contributed by atoms with Crippen LogP contribution in [0.15, 0.2) is 65.7 Å². The number of ether oxygens (including phenoxy) is 1. The first kappa shape index (κ1) is 25.9. The molecule has 5 nitrogen and oxygen atoms in total. The summed E-state index contributed by atoms with van der Waals surface area (Å²) in [7, 11) is 1.63. The van der Waals surface area contributed by atoms with E-state index in [2.05, 4.69) is 9.80 Å². The van der Waals surface area contributed by atoms with Gasteiger partial charge in [-0.1, -0.05) is 31.2 Å². The Morgan fingerprint density at radius 2 is 1.66 bits per heavy atom. The van der Waals surface area contributed by atoms with Crippen LogP contribution in [0.4, 0.5) is 34.6 Å². The molecule has 0 aromatic heterocycles. The summed E-state index contributed by atoms with van der Waals surface area (Å²) in [6.07, 6.45) is -3.92. The van der Waals surface area contributed by atoms with Gasteiger partial charge in [-0.05, 0) is 49.2 Å². The van der Waals surface area contributed by atoms with Crippen LogP contribution in [0.2, 0.25) is 0 Å². The van der Waals surface area contributed by atoms with Crippen LogP contribution in [0.1, 0.15) is 36.1 Å². The van der Waals surface area contributed by atoms with Crippen molar-refractivity contribution in [3.05, 3.63) is 83.2 Å². The number of halogens is 4. The van der Waals surface area contributed by atoms with Crippen LogP contribution in [-0.4, -0.2) is 44.1 Å². The van der Waals surface area contributed by atoms with Crippen molar-refractivity contribution in [2.24, 2.45) is 4.99 Å². The molecule has 0 bridgehead atoms. The van der Waals surface area contributed by atoms with Crippen molar-refractivity contribution in [3.63, 3.8) is 0 Å². The second-order valence-corrected chi connectivity index (χ2v) is 9.56. The molecule has 2 heterocycles. The number of hydrogen-bond acceptors (Lipinski definition) is 5. The van der Waals surface area contributed by atoms with Gasteiger partial charge >= 0.3 is 6.18 Å². The van der Waals surface area contributed by atoms with Gasteiger partial charge in [0.1, 0.15) is 17.3 Å². The van der Waals surface area contributed by atoms with Crippen LogP contribution in [0.3, 0.4) is 0 Å². The van der Waals surface area contributed by atoms with E-state index >= 15 is 0 Å². The maximum absolute atomic E-state index is 15.0. The van der Waals surface area contributed by atoms with Gasteiger partial charge in [-0.3, -0.25) is 0 Å². The third-order valence-electron chi connectivity index (χ3n) is 7.28. The number of piperazine rings is 1. The molecule has 0 N–H and O–H groups in total. The summed E-state index contributed by atoms with van der Waals surface area (Å²) in [5.41, 5.74) is 2.35. The van der Waals surface area contributed by atoms with Crippen molar-refractivity contribution in [3.8, 4) is 5.75 Å². The topological polar surface area (TPSA) is 31.3 Å². The number of alkyl halides is 3. The van der Waals surface area contributed by atoms with Crippen molar-refractivity contribution >= 4 is 23.0 Å². The third-order valence-corrected chi connectivity index (χ3v) is 7.28. The molecule has 2 aliphatic rings. The predicted octanol–water partition coefficient (Wildman–Crippen LogP) is 6.94. The van der Waals surface area contributed by atoms with Gasteiger partial charge in [0.15, 0.2) is 0 Å². The van der Waals surface area contributed by atoms with E-state index < -0.39 is 17.6 Å². The molecule has 1 fully saturated rings. The van der Waals surface area contributed by atoms with E-state index in [0.717, 1.165) is 17.5 Å². The molecule has 200 valence electrons. The summed E-state index contributed by atoms with van der Waals surface area (Å²) >= 11 is 0. The number of aryl methyl sites for hydroxylation is 1. The average molecular weight is 527 g/mol. The number of benzene rings is 3. The Kier molecular flexibility index (Phi) is 6.94. The molecule has 0 aliphatic carbocycles. The number of hydrogen-bond donors (Lipinski definition) is 0. The molecule has 5 rings (SSSR count). The molecule has 1 saturated heterocycles. The van der Waals surface area contributed by atoms with Gasteiger partial charge in [0, 0.05) is 49.2 Å². The summed E-state index contributed by atoms with van der Waals surface area (Å²) in [6, 6.07) is 16.0. The molecule has 0 radical (unpaired) electrons. The fraction of sp³-hybridized carbons (Fsp3) is 0.345. The van der Waals surface area contributed by atoms with E-state index in [9.17, 15) is 17.6 Å². The number of guanidine groups is 1. The number of anilines is 2. The molecule has 0 amide bonds. The smallest absolute Gasteiger partial charge is 0.416 e. The number of methoxy groups -OCH3 is 1. The predicted molar refractivity (Wildman–Crippen MR) is 142 cm³/mol. The molecule has 9 heteroatoms. The first-order valence-corrected chi connectivity index (χ1v) is 12.7. The Hall–Kier alpha value is -3.75. The summed E-state index contributed by atoms with van der Waals surface area (Å²) < 4.78 is 61.5. The van der Waals surface area contributed by atoms with Gasteiger partial charge in [-0.2, -0.15) is 13.2 Å². The lowest BCUT2D eigenvalue weighted by molar-refractivity contribution is -0.137. The highest BCUT2D eigenvalue weighted by Crippen LogP contribution is 2.44. The van der Waals surface area contributed by atoms with E-state index in [1.54, 1.807) is 20.1 Å². The zero-order valence-electron chi connectivity index (χ0n) is 21.6. The lowest BCUT2D eigenvalue weighted by Crippen LogP contribution is -2.55. The van der Waals surface area contributed by atoms with Crippen LogP contribution in [0.25, 0.3) is 0 Å². The van der Waals surface area contributed by atoms with Crippen molar-refractivity contribution < 1.29 is 22.3 Å². The number of fused-ring (bicyclic) bond motifs is 1. The SMILES string of the molecule is CC[C@H]1c2cccc(F)c2N=C(N2CCN(c3cccc(OC)c3)CC2)N1c1cc(C(F)(F)F)ccc1C. The Morgan fingerprint density at radius 3 is 2.34 bits per heavy atom. The minimum Gasteiger partial charge on any atom is -0.497 e. The Bertz CT molecular complexity index is 1350. The second-order valence-electron chi connectivity index (χ2n) is 9.56. The highest BCUT2D eigenvalue weighted by atomic mass is 19.4. The van der Waals surface area contributed by atoms with E-state index in [1.165, 1.54) is 18.2 Å². The number of aliphatic imine (C=N–C) groups is 1. The molecule has 1 atom stereocenters. The van der Waals surface area contributed by atoms with Crippen molar-refractivity contribution in [2.45, 2.75) is 32.5 Å². The molecule has 0 spiro atoms. The number of rotatable bonds is 4. The Morgan fingerprint density at radius 1 is 0.947 bits per heavy atom. The number of para-hydroxylation sites is 1. The van der Waals surface area contributed by atoms with E-state index in [0.29, 0.717) is 55.4 Å². The summed E-state index contributed by atoms with van der Waals surface area (Å²) in [5, 5.41) is 0. The zero-order chi connectivity index (χ0) is 27.0. The molecule has 38 heavy (non-hydrogen) atoms. The minimum absolute atomic E-state index is 0.255. The fourth-order valence-electron chi connectivity index (χ4n) is 5.27. The van der Waals surface area contributed by atoms with E-state index in [4.69, 9.17) is 9.73 Å². The summed E-state index contributed by atoms with van der Waals surface area (Å²) in [5.74, 6) is 0.807. The van der Waals surface area contributed by atoms with Crippen LogP contribution in [-0.2, 0) is 6.18 Å². The lowest BCUT2D eigenvalue weighted by Gasteiger charge is -2.45. The molecular weight excluding hydrogens is 496 g/mol. The first-order chi connectivity index (χ1) is 18.2. The molecule has 3 aromatic rings. The van der Waals surface area contributed by atoms with Crippen molar-refractivity contribution in [1.82, 2.24) is 4.90 Å². The van der Waals surface area contributed by atoms with Crippen LogP contribution in [0, 0.1) is 12.7 Å². The molecule has 0 unspecified atom stereocenters. The van der Waals surface area contributed by atoms with Gasteiger partial charge in [-0.25, -0.2) is 9.38 Å². The normalized spacial score (nSPS) is 17.8. The zero-order valence-corrected chi connectivity index (χ0v) is 21.6. The highest BCUT2D eigenvalue weighted by Gasteiger charge is 2.38. The van der Waals surface area contributed by atoms with Gasteiger partial charge < -0.3 is 19.4 Å². The van der Waals surface area contributed by atoms with Gasteiger partial charge in [0.25, 0.3) is 0 Å². The maximum atomic E-state index is 15.0. The van der Waals surface area contributed by atoms with E-state index in [1.807, 2.05) is 42.2 Å². The van der Waals surface area contributed by atoms with Crippen molar-refractivity contribution in [2.75, 3.05) is 43.1 Å². The third kappa shape index (κ3) is 4.77. The molecule has 3 aromatic carbocycles. The fourth-order valence-corrected chi connectivity index (χ4v) is 5.27. The maximum Gasteiger partial charge on any atom is 0.416 e. The summed E-state index contributed by atoms with van der Waals surface area (Å²) in [6.45, 7) is 6.24. The quantitative estimate of drug-likeness (QED) is 0.345. The average Bonchev–Trinajstić information content (AvgIpc) is 2.92. The Labute approximate surface area is 219 Å². The number of nitrogens with zero attached hydrogens (tertiary/aromatic N) is 4. The monoisotopic (exact) mass is 526 g/mol. The standard InChI is InChI=1S/C29H30F4N4O/c1-4-25-23-9-6-10-24(30)27(23)34-28(37(25)26-17-20(29(31,32)33)12-11-19(26)2)36-15-13-35(14-16-36)21-7-5-8-22(18-21)38-3/h5-12,17-18,25H,4,13-16H2,1-3H3/t25-/m0/s1.